The van der Waals surface area contributed by atoms with Crippen LogP contribution in [0.5, 0.6) is 0 Å². The molecule has 1 N–H and O–H groups in total. The van der Waals surface area contributed by atoms with E-state index in [0.717, 1.165) is 48.1 Å². The van der Waals surface area contributed by atoms with Crippen LogP contribution in [0, 0.1) is 0 Å². The summed E-state index contributed by atoms with van der Waals surface area (Å²) in [6, 6.07) is 12.1. The number of benzene rings is 1. The summed E-state index contributed by atoms with van der Waals surface area (Å²) >= 11 is 1.65. The van der Waals surface area contributed by atoms with Gasteiger partial charge in [0.15, 0.2) is 10.8 Å². The molecule has 1 aliphatic heterocycles. The van der Waals surface area contributed by atoms with E-state index in [2.05, 4.69) is 16.0 Å². The van der Waals surface area contributed by atoms with Gasteiger partial charge in [-0.1, -0.05) is 12.1 Å². The van der Waals surface area contributed by atoms with Gasteiger partial charge < -0.3 is 9.52 Å². The Morgan fingerprint density at radius 3 is 3.00 bits per heavy atom. The van der Waals surface area contributed by atoms with Crippen molar-refractivity contribution in [1.29, 1.82) is 0 Å². The molecule has 0 spiro atoms. The molecular weight excluding hydrogens is 284 g/mol. The van der Waals surface area contributed by atoms with Gasteiger partial charge >= 0.3 is 0 Å². The van der Waals surface area contributed by atoms with Crippen LogP contribution in [0.25, 0.3) is 21.0 Å². The minimum absolute atomic E-state index is 0.191. The summed E-state index contributed by atoms with van der Waals surface area (Å²) in [5.41, 5.74) is 1.01. The van der Waals surface area contributed by atoms with Crippen molar-refractivity contribution in [2.24, 2.45) is 0 Å². The third kappa shape index (κ3) is 2.60. The molecule has 3 heterocycles. The van der Waals surface area contributed by atoms with Crippen molar-refractivity contribution in [1.82, 2.24) is 9.88 Å². The van der Waals surface area contributed by atoms with Gasteiger partial charge in [0.1, 0.15) is 5.76 Å². The maximum Gasteiger partial charge on any atom is 0.163 e. The van der Waals surface area contributed by atoms with Gasteiger partial charge in [-0.15, -0.1) is 11.3 Å². The normalized spacial score (nSPS) is 19.6. The van der Waals surface area contributed by atoms with E-state index >= 15 is 0 Å². The molecule has 3 aromatic rings. The van der Waals surface area contributed by atoms with E-state index < -0.39 is 0 Å². The molecular formula is C16H16N2O2S. The van der Waals surface area contributed by atoms with Gasteiger partial charge in [-0.25, -0.2) is 4.98 Å². The summed E-state index contributed by atoms with van der Waals surface area (Å²) in [4.78, 5) is 6.83. The van der Waals surface area contributed by atoms with E-state index in [1.54, 1.807) is 11.3 Å². The van der Waals surface area contributed by atoms with Gasteiger partial charge in [-0.05, 0) is 30.7 Å². The number of rotatable bonds is 3. The molecule has 0 radical (unpaired) electrons. The fourth-order valence-electron chi connectivity index (χ4n) is 2.73. The monoisotopic (exact) mass is 300 g/mol. The predicted molar refractivity (Wildman–Crippen MR) is 83.2 cm³/mol. The Morgan fingerprint density at radius 2 is 2.19 bits per heavy atom. The molecule has 0 amide bonds. The summed E-state index contributed by atoms with van der Waals surface area (Å²) in [6.45, 7) is 2.41. The minimum atomic E-state index is -0.191. The summed E-state index contributed by atoms with van der Waals surface area (Å²) in [7, 11) is 0. The van der Waals surface area contributed by atoms with Crippen molar-refractivity contribution in [2.75, 3.05) is 13.1 Å². The average Bonchev–Trinajstić information content (AvgIpc) is 3.18. The zero-order valence-corrected chi connectivity index (χ0v) is 12.3. The number of likely N-dealkylation sites (tertiary alicyclic amines) is 1. The average molecular weight is 300 g/mol. The second kappa shape index (κ2) is 5.26. The van der Waals surface area contributed by atoms with Gasteiger partial charge in [0.05, 0.1) is 22.9 Å². The zero-order valence-electron chi connectivity index (χ0n) is 11.5. The Labute approximate surface area is 126 Å². The second-order valence-electron chi connectivity index (χ2n) is 5.43. The third-order valence-electron chi connectivity index (χ3n) is 3.79. The number of aliphatic hydroxyl groups is 1. The highest BCUT2D eigenvalue weighted by Gasteiger charge is 2.21. The van der Waals surface area contributed by atoms with Crippen molar-refractivity contribution in [3.8, 4) is 10.8 Å². The quantitative estimate of drug-likeness (QED) is 0.807. The van der Waals surface area contributed by atoms with Crippen molar-refractivity contribution in [3.05, 3.63) is 42.2 Å². The molecule has 0 unspecified atom stereocenters. The predicted octanol–water partition coefficient (Wildman–Crippen LogP) is 3.12. The first kappa shape index (κ1) is 13.0. The standard InChI is InChI=1S/C16H16N2O2S/c19-11-7-8-18(9-11)10-12-5-6-14(20-12)16-17-13-3-1-2-4-15(13)21-16/h1-6,11,19H,7-10H2/t11-/m0/s1. The maximum atomic E-state index is 9.56. The number of hydrogen-bond donors (Lipinski definition) is 1. The van der Waals surface area contributed by atoms with E-state index in [0.29, 0.717) is 0 Å². The lowest BCUT2D eigenvalue weighted by atomic mass is 10.3. The first-order valence-corrected chi connectivity index (χ1v) is 7.95. The van der Waals surface area contributed by atoms with Crippen LogP contribution in [0.1, 0.15) is 12.2 Å². The maximum absolute atomic E-state index is 9.56. The van der Waals surface area contributed by atoms with Gasteiger partial charge in [0, 0.05) is 13.1 Å². The van der Waals surface area contributed by atoms with Crippen molar-refractivity contribution in [3.63, 3.8) is 0 Å². The number of β-amino-alcohol motifs (C(OH)–C–C–N with tert-alkyl or cyclic N) is 1. The van der Waals surface area contributed by atoms with Crippen molar-refractivity contribution >= 4 is 21.6 Å². The van der Waals surface area contributed by atoms with Crippen molar-refractivity contribution in [2.45, 2.75) is 19.1 Å². The summed E-state index contributed by atoms with van der Waals surface area (Å²) in [5, 5.41) is 10.5. The van der Waals surface area contributed by atoms with Crippen LogP contribution in [-0.4, -0.2) is 34.2 Å². The lowest BCUT2D eigenvalue weighted by molar-refractivity contribution is 0.172. The molecule has 5 heteroatoms. The topological polar surface area (TPSA) is 49.5 Å². The van der Waals surface area contributed by atoms with E-state index in [9.17, 15) is 5.11 Å². The number of fused-ring (bicyclic) bond motifs is 1. The SMILES string of the molecule is O[C@H]1CCN(Cc2ccc(-c3nc4ccccc4s3)o2)C1. The molecule has 0 aliphatic carbocycles. The number of thiazole rings is 1. The van der Waals surface area contributed by atoms with Crippen LogP contribution in [0.2, 0.25) is 0 Å². The number of hydrogen-bond acceptors (Lipinski definition) is 5. The lowest BCUT2D eigenvalue weighted by Gasteiger charge is -2.12. The number of para-hydroxylation sites is 1. The van der Waals surface area contributed by atoms with Crippen LogP contribution < -0.4 is 0 Å². The Morgan fingerprint density at radius 1 is 1.29 bits per heavy atom. The largest absolute Gasteiger partial charge is 0.457 e. The number of aromatic nitrogens is 1. The highest BCUT2D eigenvalue weighted by molar-refractivity contribution is 7.21. The molecule has 4 rings (SSSR count). The summed E-state index contributed by atoms with van der Waals surface area (Å²) < 4.78 is 7.10. The number of furan rings is 1. The Bertz CT molecular complexity index is 731. The van der Waals surface area contributed by atoms with Gasteiger partial charge in [-0.2, -0.15) is 0 Å². The molecule has 1 aromatic carbocycles. The van der Waals surface area contributed by atoms with Crippen LogP contribution >= 0.6 is 11.3 Å². The molecule has 4 nitrogen and oxygen atoms in total. The molecule has 1 saturated heterocycles. The Hall–Kier alpha value is -1.69. The second-order valence-corrected chi connectivity index (χ2v) is 6.46. The van der Waals surface area contributed by atoms with Gasteiger partial charge in [0.25, 0.3) is 0 Å². The number of aliphatic hydroxyl groups excluding tert-OH is 1. The number of nitrogens with zero attached hydrogens (tertiary/aromatic N) is 2. The van der Waals surface area contributed by atoms with Crippen LogP contribution in [0.4, 0.5) is 0 Å². The van der Waals surface area contributed by atoms with E-state index in [-0.39, 0.29) is 6.10 Å². The Balaban J connectivity index is 1.56. The van der Waals surface area contributed by atoms with Crippen molar-refractivity contribution < 1.29 is 9.52 Å². The first-order valence-electron chi connectivity index (χ1n) is 7.13. The van der Waals surface area contributed by atoms with Crippen LogP contribution in [0.15, 0.2) is 40.8 Å². The molecule has 0 saturated carbocycles. The lowest BCUT2D eigenvalue weighted by Crippen LogP contribution is -2.21. The highest BCUT2D eigenvalue weighted by Crippen LogP contribution is 2.31. The Kier molecular flexibility index (Phi) is 3.25. The van der Waals surface area contributed by atoms with Crippen LogP contribution in [0.3, 0.4) is 0 Å². The molecule has 2 aromatic heterocycles. The minimum Gasteiger partial charge on any atom is -0.457 e. The van der Waals surface area contributed by atoms with E-state index in [1.807, 2.05) is 30.3 Å². The molecule has 1 atom stereocenters. The molecule has 0 bridgehead atoms. The van der Waals surface area contributed by atoms with E-state index in [4.69, 9.17) is 4.42 Å². The van der Waals surface area contributed by atoms with Crippen LogP contribution in [-0.2, 0) is 6.54 Å². The molecule has 1 fully saturated rings. The fraction of sp³-hybridized carbons (Fsp3) is 0.312. The summed E-state index contributed by atoms with van der Waals surface area (Å²) in [5.74, 6) is 1.75. The smallest absolute Gasteiger partial charge is 0.163 e. The zero-order chi connectivity index (χ0) is 14.2. The molecule has 21 heavy (non-hydrogen) atoms. The van der Waals surface area contributed by atoms with E-state index in [1.165, 1.54) is 4.70 Å². The first-order chi connectivity index (χ1) is 10.3. The van der Waals surface area contributed by atoms with Gasteiger partial charge in [-0.3, -0.25) is 4.90 Å². The third-order valence-corrected chi connectivity index (χ3v) is 4.84. The molecule has 1 aliphatic rings. The fourth-order valence-corrected chi connectivity index (χ4v) is 3.66. The van der Waals surface area contributed by atoms with Gasteiger partial charge in [0.2, 0.25) is 0 Å². The summed E-state index contributed by atoms with van der Waals surface area (Å²) in [6.07, 6.45) is 0.662. The molecule has 108 valence electrons. The highest BCUT2D eigenvalue weighted by atomic mass is 32.1.